The number of carboxylic acid groups (broad SMARTS) is 1. The lowest BCUT2D eigenvalue weighted by Gasteiger charge is -2.36. The molecular weight excluding hydrogens is 196 g/mol. The Labute approximate surface area is 90.7 Å². The van der Waals surface area contributed by atoms with Crippen molar-refractivity contribution in [1.29, 1.82) is 0 Å². The van der Waals surface area contributed by atoms with Gasteiger partial charge in [-0.15, -0.1) is 0 Å². The van der Waals surface area contributed by atoms with E-state index in [1.165, 1.54) is 11.8 Å². The SMILES string of the molecule is CC.CC(=O)N1CCN(C)CC1C(=O)O. The number of aliphatic carboxylic acids is 1. The maximum atomic E-state index is 11.1. The molecular formula is C10H20N2O3. The summed E-state index contributed by atoms with van der Waals surface area (Å²) in [6.07, 6.45) is 0. The number of nitrogens with zero attached hydrogens (tertiary/aromatic N) is 2. The molecule has 1 aliphatic heterocycles. The van der Waals surface area contributed by atoms with Crippen molar-refractivity contribution in [3.8, 4) is 0 Å². The summed E-state index contributed by atoms with van der Waals surface area (Å²) in [5.41, 5.74) is 0. The molecule has 15 heavy (non-hydrogen) atoms. The minimum Gasteiger partial charge on any atom is -0.480 e. The summed E-state index contributed by atoms with van der Waals surface area (Å²) in [4.78, 5) is 25.2. The minimum absolute atomic E-state index is 0.166. The predicted octanol–water partition coefficient (Wildman–Crippen LogP) is 0.260. The molecule has 0 saturated carbocycles. The number of hydrogen-bond acceptors (Lipinski definition) is 3. The molecule has 5 heteroatoms. The minimum atomic E-state index is -0.929. The number of likely N-dealkylation sites (N-methyl/N-ethyl adjacent to an activating group) is 1. The largest absolute Gasteiger partial charge is 0.480 e. The molecule has 1 fully saturated rings. The van der Waals surface area contributed by atoms with Crippen molar-refractivity contribution in [1.82, 2.24) is 9.80 Å². The Morgan fingerprint density at radius 2 is 1.80 bits per heavy atom. The molecule has 1 unspecified atom stereocenters. The van der Waals surface area contributed by atoms with Crippen LogP contribution in [0.2, 0.25) is 0 Å². The van der Waals surface area contributed by atoms with Crippen molar-refractivity contribution in [2.45, 2.75) is 26.8 Å². The molecule has 88 valence electrons. The summed E-state index contributed by atoms with van der Waals surface area (Å²) in [5, 5.41) is 8.85. The summed E-state index contributed by atoms with van der Waals surface area (Å²) in [6.45, 7) is 7.06. The van der Waals surface area contributed by atoms with Gasteiger partial charge < -0.3 is 14.9 Å². The summed E-state index contributed by atoms with van der Waals surface area (Å²) in [5.74, 6) is -1.10. The normalized spacial score (nSPS) is 21.6. The average Bonchev–Trinajstić information content (AvgIpc) is 2.20. The fourth-order valence-electron chi connectivity index (χ4n) is 1.51. The first kappa shape index (κ1) is 13.9. The van der Waals surface area contributed by atoms with E-state index in [0.717, 1.165) is 6.54 Å². The number of rotatable bonds is 1. The van der Waals surface area contributed by atoms with E-state index in [1.807, 2.05) is 25.8 Å². The molecule has 1 heterocycles. The summed E-state index contributed by atoms with van der Waals surface area (Å²) in [7, 11) is 1.85. The second-order valence-corrected chi connectivity index (χ2v) is 3.33. The monoisotopic (exact) mass is 216 g/mol. The zero-order chi connectivity index (χ0) is 12.0. The molecule has 0 aromatic carbocycles. The van der Waals surface area contributed by atoms with Crippen LogP contribution in [-0.4, -0.2) is 59.5 Å². The molecule has 1 saturated heterocycles. The maximum absolute atomic E-state index is 11.1. The fourth-order valence-corrected chi connectivity index (χ4v) is 1.51. The van der Waals surface area contributed by atoms with Gasteiger partial charge in [0.25, 0.3) is 0 Å². The van der Waals surface area contributed by atoms with Crippen molar-refractivity contribution in [2.75, 3.05) is 26.7 Å². The predicted molar refractivity (Wildman–Crippen MR) is 57.7 cm³/mol. The van der Waals surface area contributed by atoms with E-state index < -0.39 is 12.0 Å². The van der Waals surface area contributed by atoms with E-state index in [2.05, 4.69) is 0 Å². The van der Waals surface area contributed by atoms with Gasteiger partial charge in [-0.05, 0) is 7.05 Å². The molecule has 0 spiro atoms. The number of piperazine rings is 1. The van der Waals surface area contributed by atoms with Crippen LogP contribution in [0.15, 0.2) is 0 Å². The Bertz CT molecular complexity index is 231. The first-order valence-corrected chi connectivity index (χ1v) is 5.21. The van der Waals surface area contributed by atoms with Crippen LogP contribution >= 0.6 is 0 Å². The highest BCUT2D eigenvalue weighted by Gasteiger charge is 2.32. The number of carbonyl (C=O) groups excluding carboxylic acids is 1. The summed E-state index contributed by atoms with van der Waals surface area (Å²) < 4.78 is 0. The number of carboxylic acids is 1. The Hall–Kier alpha value is -1.10. The number of carbonyl (C=O) groups is 2. The smallest absolute Gasteiger partial charge is 0.327 e. The number of hydrogen-bond donors (Lipinski definition) is 1. The summed E-state index contributed by atoms with van der Waals surface area (Å²) >= 11 is 0. The van der Waals surface area contributed by atoms with Crippen LogP contribution < -0.4 is 0 Å². The van der Waals surface area contributed by atoms with Crippen molar-refractivity contribution in [3.63, 3.8) is 0 Å². The van der Waals surface area contributed by atoms with Gasteiger partial charge in [0.1, 0.15) is 6.04 Å². The molecule has 0 aromatic rings. The van der Waals surface area contributed by atoms with Crippen LogP contribution in [0.5, 0.6) is 0 Å². The van der Waals surface area contributed by atoms with Crippen molar-refractivity contribution in [3.05, 3.63) is 0 Å². The van der Waals surface area contributed by atoms with Crippen molar-refractivity contribution in [2.24, 2.45) is 0 Å². The topological polar surface area (TPSA) is 60.9 Å². The maximum Gasteiger partial charge on any atom is 0.327 e. The third-order valence-electron chi connectivity index (χ3n) is 2.27. The van der Waals surface area contributed by atoms with E-state index in [-0.39, 0.29) is 5.91 Å². The lowest BCUT2D eigenvalue weighted by molar-refractivity contribution is -0.152. The van der Waals surface area contributed by atoms with Gasteiger partial charge in [0.2, 0.25) is 5.91 Å². The van der Waals surface area contributed by atoms with Crippen LogP contribution in [0.3, 0.4) is 0 Å². The third kappa shape index (κ3) is 3.87. The molecule has 1 atom stereocenters. The molecule has 1 amide bonds. The molecule has 1 rings (SSSR count). The Balaban J connectivity index is 0.000000921. The molecule has 1 aliphatic rings. The quantitative estimate of drug-likeness (QED) is 0.683. The van der Waals surface area contributed by atoms with Crippen LogP contribution in [0.4, 0.5) is 0 Å². The first-order chi connectivity index (χ1) is 7.02. The van der Waals surface area contributed by atoms with E-state index in [0.29, 0.717) is 13.1 Å². The van der Waals surface area contributed by atoms with Crippen LogP contribution in [0.25, 0.3) is 0 Å². The zero-order valence-corrected chi connectivity index (χ0v) is 9.86. The molecule has 1 N–H and O–H groups in total. The van der Waals surface area contributed by atoms with Gasteiger partial charge >= 0.3 is 5.97 Å². The van der Waals surface area contributed by atoms with E-state index >= 15 is 0 Å². The van der Waals surface area contributed by atoms with Crippen LogP contribution in [0, 0.1) is 0 Å². The first-order valence-electron chi connectivity index (χ1n) is 5.21. The van der Waals surface area contributed by atoms with Crippen molar-refractivity contribution < 1.29 is 14.7 Å². The molecule has 0 aliphatic carbocycles. The molecule has 5 nitrogen and oxygen atoms in total. The Morgan fingerprint density at radius 1 is 1.27 bits per heavy atom. The highest BCUT2D eigenvalue weighted by molar-refractivity contribution is 5.82. The second-order valence-electron chi connectivity index (χ2n) is 3.33. The fraction of sp³-hybridized carbons (Fsp3) is 0.800. The van der Waals surface area contributed by atoms with Gasteiger partial charge in [0.15, 0.2) is 0 Å². The van der Waals surface area contributed by atoms with E-state index in [9.17, 15) is 9.59 Å². The van der Waals surface area contributed by atoms with Gasteiger partial charge in [0, 0.05) is 26.6 Å². The van der Waals surface area contributed by atoms with E-state index in [1.54, 1.807) is 0 Å². The van der Waals surface area contributed by atoms with Gasteiger partial charge in [-0.3, -0.25) is 4.79 Å². The second kappa shape index (κ2) is 6.40. The molecule has 0 aromatic heterocycles. The lowest BCUT2D eigenvalue weighted by Crippen LogP contribution is -2.56. The van der Waals surface area contributed by atoms with E-state index in [4.69, 9.17) is 5.11 Å². The highest BCUT2D eigenvalue weighted by atomic mass is 16.4. The number of amides is 1. The standard InChI is InChI=1S/C8H14N2O3.C2H6/c1-6(11)10-4-3-9(2)5-7(10)8(12)13;1-2/h7H,3-5H2,1-2H3,(H,12,13);1-2H3. The third-order valence-corrected chi connectivity index (χ3v) is 2.27. The summed E-state index contributed by atoms with van der Waals surface area (Å²) in [6, 6.07) is -0.684. The van der Waals surface area contributed by atoms with Gasteiger partial charge in [-0.25, -0.2) is 4.79 Å². The highest BCUT2D eigenvalue weighted by Crippen LogP contribution is 2.08. The zero-order valence-electron chi connectivity index (χ0n) is 9.86. The van der Waals surface area contributed by atoms with Gasteiger partial charge in [-0.2, -0.15) is 0 Å². The van der Waals surface area contributed by atoms with Gasteiger partial charge in [-0.1, -0.05) is 13.8 Å². The lowest BCUT2D eigenvalue weighted by atomic mass is 10.2. The van der Waals surface area contributed by atoms with Crippen LogP contribution in [-0.2, 0) is 9.59 Å². The van der Waals surface area contributed by atoms with Crippen LogP contribution in [0.1, 0.15) is 20.8 Å². The average molecular weight is 216 g/mol. The Kier molecular flexibility index (Phi) is 5.93. The molecule has 0 radical (unpaired) electrons. The van der Waals surface area contributed by atoms with Gasteiger partial charge in [0.05, 0.1) is 0 Å². The molecule has 0 bridgehead atoms. The Morgan fingerprint density at radius 3 is 2.20 bits per heavy atom. The van der Waals surface area contributed by atoms with Crippen molar-refractivity contribution >= 4 is 11.9 Å².